The van der Waals surface area contributed by atoms with Gasteiger partial charge in [0.25, 0.3) is 0 Å². The zero-order chi connectivity index (χ0) is 21.8. The summed E-state index contributed by atoms with van der Waals surface area (Å²) < 4.78 is 0. The van der Waals surface area contributed by atoms with Crippen molar-refractivity contribution in [1.82, 2.24) is 10.2 Å². The number of hydrogen-bond acceptors (Lipinski definition) is 2. The minimum Gasteiger partial charge on any atom is -0.352 e. The van der Waals surface area contributed by atoms with Crippen molar-refractivity contribution < 1.29 is 4.79 Å². The molecule has 0 heterocycles. The van der Waals surface area contributed by atoms with E-state index in [2.05, 4.69) is 72.6 Å². The molecule has 0 radical (unpaired) electrons. The Morgan fingerprint density at radius 2 is 2.00 bits per heavy atom. The van der Waals surface area contributed by atoms with Crippen LogP contribution < -0.4 is 5.32 Å². The van der Waals surface area contributed by atoms with Gasteiger partial charge in [-0.3, -0.25) is 4.79 Å². The number of carbonyl (C=O) groups excluding carboxylic acids is 1. The highest BCUT2D eigenvalue weighted by Gasteiger charge is 2.42. The van der Waals surface area contributed by atoms with Crippen LogP contribution in [-0.4, -0.2) is 36.5 Å². The molecule has 1 fully saturated rings. The van der Waals surface area contributed by atoms with E-state index in [0.717, 1.165) is 50.8 Å². The van der Waals surface area contributed by atoms with Crippen LogP contribution in [-0.2, 0) is 4.79 Å². The predicted molar refractivity (Wildman–Crippen MR) is 129 cm³/mol. The zero-order valence-electron chi connectivity index (χ0n) is 19.4. The molecular weight excluding hydrogens is 368 g/mol. The Morgan fingerprint density at radius 3 is 2.67 bits per heavy atom. The molecule has 0 bridgehead atoms. The third-order valence-electron chi connectivity index (χ3n) is 6.19. The molecule has 1 aliphatic rings. The number of hydrogen-bond donors (Lipinski definition) is 1. The lowest BCUT2D eigenvalue weighted by atomic mass is 9.87. The number of nitrogens with one attached hydrogen (secondary N) is 1. The number of benzene rings is 1. The van der Waals surface area contributed by atoms with Gasteiger partial charge in [-0.1, -0.05) is 74.6 Å². The number of allylic oxidation sites excluding steroid dienone is 2. The van der Waals surface area contributed by atoms with Crippen molar-refractivity contribution in [2.24, 2.45) is 5.41 Å². The second-order valence-electron chi connectivity index (χ2n) is 8.64. The van der Waals surface area contributed by atoms with Crippen molar-refractivity contribution in [1.29, 1.82) is 0 Å². The average Bonchev–Trinajstić information content (AvgIpc) is 3.17. The summed E-state index contributed by atoms with van der Waals surface area (Å²) in [6, 6.07) is 11.0. The Labute approximate surface area is 183 Å². The molecule has 2 atom stereocenters. The topological polar surface area (TPSA) is 32.3 Å². The molecule has 1 aromatic rings. The lowest BCUT2D eigenvalue weighted by Crippen LogP contribution is -2.41. The van der Waals surface area contributed by atoms with Gasteiger partial charge in [0.1, 0.15) is 0 Å². The van der Waals surface area contributed by atoms with Crippen molar-refractivity contribution in [3.63, 3.8) is 0 Å². The SMILES string of the molecule is C/C=C\C(=C/C)CNC(=O)C1(C)CCC(N(CCC)CC/C=C\c2ccccc2)C1. The quantitative estimate of drug-likeness (QED) is 0.456. The minimum absolute atomic E-state index is 0.203. The lowest BCUT2D eigenvalue weighted by Gasteiger charge is -2.30. The summed E-state index contributed by atoms with van der Waals surface area (Å²) in [7, 11) is 0. The molecule has 0 aromatic heterocycles. The summed E-state index contributed by atoms with van der Waals surface area (Å²) >= 11 is 0. The smallest absolute Gasteiger partial charge is 0.226 e. The maximum atomic E-state index is 12.9. The van der Waals surface area contributed by atoms with Crippen LogP contribution in [0, 0.1) is 5.41 Å². The van der Waals surface area contributed by atoms with Gasteiger partial charge in [0, 0.05) is 24.5 Å². The largest absolute Gasteiger partial charge is 0.352 e. The van der Waals surface area contributed by atoms with E-state index in [1.165, 1.54) is 5.56 Å². The van der Waals surface area contributed by atoms with Gasteiger partial charge in [-0.05, 0) is 63.6 Å². The number of amides is 1. The normalized spacial score (nSPS) is 22.4. The molecule has 1 aliphatic carbocycles. The van der Waals surface area contributed by atoms with Gasteiger partial charge >= 0.3 is 0 Å². The van der Waals surface area contributed by atoms with Crippen LogP contribution in [0.3, 0.4) is 0 Å². The fourth-order valence-corrected chi connectivity index (χ4v) is 4.38. The van der Waals surface area contributed by atoms with E-state index in [1.54, 1.807) is 0 Å². The molecule has 0 saturated heterocycles. The zero-order valence-corrected chi connectivity index (χ0v) is 19.4. The summed E-state index contributed by atoms with van der Waals surface area (Å²) in [6.07, 6.45) is 15.9. The molecule has 3 heteroatoms. The van der Waals surface area contributed by atoms with Crippen LogP contribution in [0.4, 0.5) is 0 Å². The van der Waals surface area contributed by atoms with Crippen molar-refractivity contribution in [2.75, 3.05) is 19.6 Å². The van der Waals surface area contributed by atoms with Gasteiger partial charge in [-0.25, -0.2) is 0 Å². The molecule has 3 nitrogen and oxygen atoms in total. The molecule has 2 rings (SSSR count). The van der Waals surface area contributed by atoms with Crippen LogP contribution in [0.25, 0.3) is 6.08 Å². The molecule has 0 spiro atoms. The Kier molecular flexibility index (Phi) is 10.1. The molecule has 1 aromatic carbocycles. The first kappa shape index (κ1) is 24.1. The first-order valence-corrected chi connectivity index (χ1v) is 11.5. The first-order valence-electron chi connectivity index (χ1n) is 11.5. The Morgan fingerprint density at radius 1 is 1.23 bits per heavy atom. The lowest BCUT2D eigenvalue weighted by molar-refractivity contribution is -0.129. The van der Waals surface area contributed by atoms with Gasteiger partial charge in [0.2, 0.25) is 5.91 Å². The highest BCUT2D eigenvalue weighted by Crippen LogP contribution is 2.40. The van der Waals surface area contributed by atoms with Gasteiger partial charge in [0.05, 0.1) is 0 Å². The number of nitrogens with zero attached hydrogens (tertiary/aromatic N) is 1. The van der Waals surface area contributed by atoms with Gasteiger partial charge in [-0.15, -0.1) is 0 Å². The first-order chi connectivity index (χ1) is 14.5. The summed E-state index contributed by atoms with van der Waals surface area (Å²) in [4.78, 5) is 15.5. The second-order valence-corrected chi connectivity index (χ2v) is 8.64. The highest BCUT2D eigenvalue weighted by molar-refractivity contribution is 5.83. The molecule has 1 N–H and O–H groups in total. The average molecular weight is 409 g/mol. The third kappa shape index (κ3) is 7.28. The van der Waals surface area contributed by atoms with Crippen molar-refractivity contribution in [3.8, 4) is 0 Å². The van der Waals surface area contributed by atoms with E-state index >= 15 is 0 Å². The number of rotatable bonds is 11. The standard InChI is InChI=1S/C27H40N2O/c1-5-13-23(7-3)22-28-26(30)27(4)18-17-25(21-27)29(19-6-2)20-12-11-16-24-14-9-8-10-15-24/h5,7-11,13-16,25H,6,12,17-22H2,1-4H3,(H,28,30)/b13-5-,16-11-,23-7+. The molecule has 30 heavy (non-hydrogen) atoms. The van der Waals surface area contributed by atoms with Crippen molar-refractivity contribution in [3.05, 3.63) is 65.8 Å². The summed E-state index contributed by atoms with van der Waals surface area (Å²) in [6.45, 7) is 11.2. The minimum atomic E-state index is -0.259. The van der Waals surface area contributed by atoms with Crippen LogP contribution in [0.2, 0.25) is 0 Å². The van der Waals surface area contributed by atoms with Crippen LogP contribution in [0.15, 0.2) is 60.2 Å². The van der Waals surface area contributed by atoms with Crippen LogP contribution >= 0.6 is 0 Å². The molecule has 164 valence electrons. The monoisotopic (exact) mass is 408 g/mol. The molecule has 0 aliphatic heterocycles. The molecule has 1 amide bonds. The molecule has 1 saturated carbocycles. The Bertz CT molecular complexity index is 734. The molecular formula is C27H40N2O. The third-order valence-corrected chi connectivity index (χ3v) is 6.19. The fourth-order valence-electron chi connectivity index (χ4n) is 4.38. The predicted octanol–water partition coefficient (Wildman–Crippen LogP) is 6.00. The van der Waals surface area contributed by atoms with Gasteiger partial charge in [-0.2, -0.15) is 0 Å². The highest BCUT2D eigenvalue weighted by atomic mass is 16.2. The second kappa shape index (κ2) is 12.5. The summed E-state index contributed by atoms with van der Waals surface area (Å²) in [5.41, 5.74) is 2.15. The van der Waals surface area contributed by atoms with Gasteiger partial charge < -0.3 is 10.2 Å². The van der Waals surface area contributed by atoms with E-state index in [4.69, 9.17) is 0 Å². The van der Waals surface area contributed by atoms with E-state index in [-0.39, 0.29) is 11.3 Å². The Hall–Kier alpha value is -2.13. The van der Waals surface area contributed by atoms with Crippen molar-refractivity contribution in [2.45, 2.75) is 65.8 Å². The van der Waals surface area contributed by atoms with Crippen molar-refractivity contribution >= 4 is 12.0 Å². The van der Waals surface area contributed by atoms with E-state index in [0.29, 0.717) is 12.6 Å². The van der Waals surface area contributed by atoms with Gasteiger partial charge in [0.15, 0.2) is 0 Å². The van der Waals surface area contributed by atoms with E-state index < -0.39 is 0 Å². The van der Waals surface area contributed by atoms with Crippen LogP contribution in [0.5, 0.6) is 0 Å². The fraction of sp³-hybridized carbons (Fsp3) is 0.519. The maximum Gasteiger partial charge on any atom is 0.226 e. The van der Waals surface area contributed by atoms with Crippen LogP contribution in [0.1, 0.15) is 65.4 Å². The maximum absolute atomic E-state index is 12.9. The Balaban J connectivity index is 1.88. The summed E-state index contributed by atoms with van der Waals surface area (Å²) in [5.74, 6) is 0.203. The number of carbonyl (C=O) groups is 1. The molecule has 2 unspecified atom stereocenters. The van der Waals surface area contributed by atoms with E-state index in [9.17, 15) is 4.79 Å². The summed E-state index contributed by atoms with van der Waals surface area (Å²) in [5, 5.41) is 3.17. The van der Waals surface area contributed by atoms with E-state index in [1.807, 2.05) is 26.0 Å².